The second-order valence-electron chi connectivity index (χ2n) is 4.57. The maximum Gasteiger partial charge on any atom is 0.228 e. The van der Waals surface area contributed by atoms with E-state index in [0.29, 0.717) is 17.5 Å². The number of aryl methyl sites for hydroxylation is 2. The van der Waals surface area contributed by atoms with Gasteiger partial charge in [0, 0.05) is 18.5 Å². The van der Waals surface area contributed by atoms with Crippen LogP contribution in [-0.2, 0) is 6.42 Å². The molecule has 0 aliphatic rings. The van der Waals surface area contributed by atoms with E-state index in [0.717, 1.165) is 36.2 Å². The van der Waals surface area contributed by atoms with Crippen molar-refractivity contribution in [1.29, 1.82) is 0 Å². The maximum atomic E-state index is 9.75. The Morgan fingerprint density at radius 2 is 1.95 bits per heavy atom. The van der Waals surface area contributed by atoms with Crippen LogP contribution >= 0.6 is 0 Å². The summed E-state index contributed by atoms with van der Waals surface area (Å²) in [5, 5.41) is 16.9. The van der Waals surface area contributed by atoms with E-state index in [2.05, 4.69) is 22.4 Å². The summed E-state index contributed by atoms with van der Waals surface area (Å²) in [7, 11) is 0. The number of aromatic nitrogens is 2. The van der Waals surface area contributed by atoms with E-state index in [-0.39, 0.29) is 0 Å². The molecule has 5 heteroatoms. The molecule has 0 fully saturated rings. The Kier molecular flexibility index (Phi) is 4.16. The van der Waals surface area contributed by atoms with Gasteiger partial charge in [-0.3, -0.25) is 0 Å². The molecule has 2 aromatic rings. The van der Waals surface area contributed by atoms with Gasteiger partial charge in [0.15, 0.2) is 0 Å². The van der Waals surface area contributed by atoms with Gasteiger partial charge in [-0.05, 0) is 43.7 Å². The second kappa shape index (κ2) is 5.84. The predicted octanol–water partition coefficient (Wildman–Crippen LogP) is 2.21. The van der Waals surface area contributed by atoms with Crippen molar-refractivity contribution < 1.29 is 9.63 Å². The van der Waals surface area contributed by atoms with Gasteiger partial charge in [0.05, 0.1) is 0 Å². The van der Waals surface area contributed by atoms with Crippen LogP contribution in [-0.4, -0.2) is 28.3 Å². The van der Waals surface area contributed by atoms with E-state index < -0.39 is 0 Å². The first kappa shape index (κ1) is 13.5. The summed E-state index contributed by atoms with van der Waals surface area (Å²) >= 11 is 0. The maximum absolute atomic E-state index is 9.75. The van der Waals surface area contributed by atoms with Crippen LogP contribution in [0.5, 0.6) is 5.75 Å². The van der Waals surface area contributed by atoms with E-state index in [1.807, 2.05) is 26.0 Å². The van der Waals surface area contributed by atoms with E-state index >= 15 is 0 Å². The minimum atomic E-state index is 0.319. The molecule has 0 bridgehead atoms. The molecule has 0 atom stereocenters. The van der Waals surface area contributed by atoms with Crippen LogP contribution in [0.4, 0.5) is 0 Å². The van der Waals surface area contributed by atoms with E-state index in [9.17, 15) is 5.11 Å². The number of phenols is 1. The van der Waals surface area contributed by atoms with Crippen LogP contribution < -0.4 is 5.32 Å². The van der Waals surface area contributed by atoms with Crippen molar-refractivity contribution in [1.82, 2.24) is 15.5 Å². The van der Waals surface area contributed by atoms with Crippen LogP contribution in [0.3, 0.4) is 0 Å². The zero-order valence-corrected chi connectivity index (χ0v) is 11.5. The molecule has 0 saturated heterocycles. The SMILES string of the molecule is CCNCCc1nc(-c2cc(C)c(O)c(C)c2)no1. The minimum absolute atomic E-state index is 0.319. The minimum Gasteiger partial charge on any atom is -0.507 e. The largest absolute Gasteiger partial charge is 0.507 e. The van der Waals surface area contributed by atoms with Gasteiger partial charge in [-0.15, -0.1) is 0 Å². The highest BCUT2D eigenvalue weighted by Crippen LogP contribution is 2.27. The van der Waals surface area contributed by atoms with Crippen molar-refractivity contribution in [2.75, 3.05) is 13.1 Å². The van der Waals surface area contributed by atoms with Crippen molar-refractivity contribution in [3.63, 3.8) is 0 Å². The summed E-state index contributed by atoms with van der Waals surface area (Å²) in [5.74, 6) is 1.51. The molecule has 0 unspecified atom stereocenters. The lowest BCUT2D eigenvalue weighted by Gasteiger charge is -2.04. The average Bonchev–Trinajstić information content (AvgIpc) is 2.84. The lowest BCUT2D eigenvalue weighted by molar-refractivity contribution is 0.377. The number of hydrogen-bond acceptors (Lipinski definition) is 5. The highest BCUT2D eigenvalue weighted by Gasteiger charge is 2.11. The Morgan fingerprint density at radius 1 is 1.26 bits per heavy atom. The number of nitrogens with one attached hydrogen (secondary N) is 1. The van der Waals surface area contributed by atoms with Crippen LogP contribution in [0.25, 0.3) is 11.4 Å². The fraction of sp³-hybridized carbons (Fsp3) is 0.429. The van der Waals surface area contributed by atoms with Crippen molar-refractivity contribution >= 4 is 0 Å². The molecule has 0 saturated carbocycles. The summed E-state index contributed by atoms with van der Waals surface area (Å²) in [4.78, 5) is 4.36. The normalized spacial score (nSPS) is 10.9. The molecule has 2 rings (SSSR count). The topological polar surface area (TPSA) is 71.2 Å². The summed E-state index contributed by atoms with van der Waals surface area (Å²) in [6, 6.07) is 3.72. The third-order valence-corrected chi connectivity index (χ3v) is 2.98. The Hall–Kier alpha value is -1.88. The molecule has 0 radical (unpaired) electrons. The Bertz CT molecular complexity index is 541. The lowest BCUT2D eigenvalue weighted by atomic mass is 10.1. The third kappa shape index (κ3) is 3.12. The molecule has 0 aliphatic heterocycles. The van der Waals surface area contributed by atoms with Crippen molar-refractivity contribution in [2.45, 2.75) is 27.2 Å². The molecule has 5 nitrogen and oxygen atoms in total. The molecule has 102 valence electrons. The van der Waals surface area contributed by atoms with Gasteiger partial charge in [-0.1, -0.05) is 12.1 Å². The predicted molar refractivity (Wildman–Crippen MR) is 73.1 cm³/mol. The van der Waals surface area contributed by atoms with Crippen molar-refractivity contribution in [2.24, 2.45) is 0 Å². The highest BCUT2D eigenvalue weighted by molar-refractivity contribution is 5.60. The van der Waals surface area contributed by atoms with Gasteiger partial charge in [-0.25, -0.2) is 0 Å². The van der Waals surface area contributed by atoms with Crippen LogP contribution in [0, 0.1) is 13.8 Å². The average molecular weight is 261 g/mol. The first-order valence-corrected chi connectivity index (χ1v) is 6.45. The van der Waals surface area contributed by atoms with Gasteiger partial charge in [0.2, 0.25) is 11.7 Å². The molecule has 1 heterocycles. The van der Waals surface area contributed by atoms with Gasteiger partial charge in [0.1, 0.15) is 5.75 Å². The van der Waals surface area contributed by atoms with Crippen LogP contribution in [0.15, 0.2) is 16.7 Å². The summed E-state index contributed by atoms with van der Waals surface area (Å²) in [6.07, 6.45) is 0.719. The van der Waals surface area contributed by atoms with Gasteiger partial charge < -0.3 is 14.9 Å². The van der Waals surface area contributed by atoms with Crippen molar-refractivity contribution in [3.05, 3.63) is 29.2 Å². The standard InChI is InChI=1S/C14H19N3O2/c1-4-15-6-5-12-16-14(17-19-12)11-7-9(2)13(18)10(3)8-11/h7-8,15,18H,4-6H2,1-3H3. The monoisotopic (exact) mass is 261 g/mol. The molecule has 1 aromatic heterocycles. The van der Waals surface area contributed by atoms with E-state index in [1.54, 1.807) is 0 Å². The number of benzene rings is 1. The molecular weight excluding hydrogens is 242 g/mol. The summed E-state index contributed by atoms with van der Waals surface area (Å²) in [6.45, 7) is 7.53. The molecule has 0 aliphatic carbocycles. The van der Waals surface area contributed by atoms with Crippen LogP contribution in [0.2, 0.25) is 0 Å². The third-order valence-electron chi connectivity index (χ3n) is 2.98. The Labute approximate surface area is 112 Å². The number of phenolic OH excluding ortho intramolecular Hbond substituents is 1. The Balaban J connectivity index is 2.18. The van der Waals surface area contributed by atoms with Gasteiger partial charge in [-0.2, -0.15) is 4.98 Å². The summed E-state index contributed by atoms with van der Waals surface area (Å²) < 4.78 is 5.21. The zero-order chi connectivity index (χ0) is 13.8. The second-order valence-corrected chi connectivity index (χ2v) is 4.57. The molecule has 0 amide bonds. The number of hydrogen-bond donors (Lipinski definition) is 2. The number of aromatic hydroxyl groups is 1. The fourth-order valence-electron chi connectivity index (χ4n) is 1.93. The number of likely N-dealkylation sites (N-methyl/N-ethyl adjacent to an activating group) is 1. The fourth-order valence-corrected chi connectivity index (χ4v) is 1.93. The first-order valence-electron chi connectivity index (χ1n) is 6.45. The Morgan fingerprint density at radius 3 is 2.58 bits per heavy atom. The number of rotatable bonds is 5. The molecule has 0 spiro atoms. The van der Waals surface area contributed by atoms with Gasteiger partial charge in [0.25, 0.3) is 0 Å². The smallest absolute Gasteiger partial charge is 0.228 e. The summed E-state index contributed by atoms with van der Waals surface area (Å²) in [5.41, 5.74) is 2.49. The number of nitrogens with zero attached hydrogens (tertiary/aromatic N) is 2. The first-order chi connectivity index (χ1) is 9.11. The zero-order valence-electron chi connectivity index (χ0n) is 11.5. The van der Waals surface area contributed by atoms with E-state index in [4.69, 9.17) is 4.52 Å². The molecular formula is C14H19N3O2. The van der Waals surface area contributed by atoms with Crippen LogP contribution in [0.1, 0.15) is 23.9 Å². The molecule has 19 heavy (non-hydrogen) atoms. The highest BCUT2D eigenvalue weighted by atomic mass is 16.5. The molecule has 2 N–H and O–H groups in total. The van der Waals surface area contributed by atoms with Crippen molar-refractivity contribution in [3.8, 4) is 17.1 Å². The van der Waals surface area contributed by atoms with E-state index in [1.165, 1.54) is 0 Å². The lowest BCUT2D eigenvalue weighted by Crippen LogP contribution is -2.16. The molecule has 1 aromatic carbocycles. The van der Waals surface area contributed by atoms with Gasteiger partial charge >= 0.3 is 0 Å². The quantitative estimate of drug-likeness (QED) is 0.807.